The fourth-order valence-electron chi connectivity index (χ4n) is 2.21. The topological polar surface area (TPSA) is 46.1 Å². The first kappa shape index (κ1) is 13.3. The number of hydrogen-bond donors (Lipinski definition) is 1. The van der Waals surface area contributed by atoms with Crippen LogP contribution in [0.1, 0.15) is 64.7 Å². The predicted molar refractivity (Wildman–Crippen MR) is 67.3 cm³/mol. The van der Waals surface area contributed by atoms with Gasteiger partial charge in [0.25, 0.3) is 0 Å². The van der Waals surface area contributed by atoms with E-state index in [4.69, 9.17) is 5.73 Å². The maximum absolute atomic E-state index is 10.8. The van der Waals surface area contributed by atoms with Gasteiger partial charge in [-0.15, -0.1) is 0 Å². The molecule has 3 heteroatoms. The predicted octanol–water partition coefficient (Wildman–Crippen LogP) is 3.28. The van der Waals surface area contributed by atoms with E-state index in [1.807, 2.05) is 0 Å². The minimum Gasteiger partial charge on any atom is -0.351 e. The van der Waals surface area contributed by atoms with E-state index in [0.717, 1.165) is 13.0 Å². The fourth-order valence-corrected chi connectivity index (χ4v) is 2.21. The summed E-state index contributed by atoms with van der Waals surface area (Å²) in [6.07, 6.45) is 12.0. The molecule has 1 aliphatic rings. The van der Waals surface area contributed by atoms with Crippen LogP contribution in [-0.2, 0) is 0 Å². The highest BCUT2D eigenvalue weighted by Crippen LogP contribution is 2.23. The Morgan fingerprint density at radius 2 is 1.69 bits per heavy atom. The summed E-state index contributed by atoms with van der Waals surface area (Å²) >= 11 is 0. The van der Waals surface area contributed by atoms with Gasteiger partial charge >= 0.3 is 6.03 Å². The third-order valence-corrected chi connectivity index (χ3v) is 3.39. The van der Waals surface area contributed by atoms with Crippen LogP contribution in [0.4, 0.5) is 4.79 Å². The van der Waals surface area contributed by atoms with Crippen molar-refractivity contribution in [1.82, 2.24) is 4.90 Å². The molecular weight excluding hydrogens is 200 g/mol. The summed E-state index contributed by atoms with van der Waals surface area (Å²) in [6.45, 7) is 3.14. The van der Waals surface area contributed by atoms with E-state index in [0.29, 0.717) is 6.04 Å². The number of carbonyl (C=O) groups excluding carboxylic acids is 1. The number of rotatable bonds is 9. The molecule has 1 heterocycles. The molecule has 0 bridgehead atoms. The molecule has 94 valence electrons. The van der Waals surface area contributed by atoms with Crippen LogP contribution < -0.4 is 5.73 Å². The van der Waals surface area contributed by atoms with Gasteiger partial charge in [-0.2, -0.15) is 0 Å². The highest BCUT2D eigenvalue weighted by molar-refractivity contribution is 5.75. The monoisotopic (exact) mass is 226 g/mol. The number of hydrogen-bond acceptors (Lipinski definition) is 1. The summed E-state index contributed by atoms with van der Waals surface area (Å²) in [5.41, 5.74) is 5.17. The van der Waals surface area contributed by atoms with E-state index in [1.54, 1.807) is 4.90 Å². The standard InChI is InChI=1S/C13H26N2O/c1-2-3-4-5-6-7-8-9-10-12-11-15(12)13(14)16/h12H,2-11H2,1H3,(H2,14,16). The zero-order valence-corrected chi connectivity index (χ0v) is 10.6. The highest BCUT2D eigenvalue weighted by atomic mass is 16.2. The summed E-state index contributed by atoms with van der Waals surface area (Å²) < 4.78 is 0. The van der Waals surface area contributed by atoms with Gasteiger partial charge in [0, 0.05) is 6.54 Å². The molecule has 3 nitrogen and oxygen atoms in total. The van der Waals surface area contributed by atoms with Gasteiger partial charge < -0.3 is 10.6 Å². The molecule has 1 rings (SSSR count). The van der Waals surface area contributed by atoms with Gasteiger partial charge in [0.2, 0.25) is 0 Å². The quantitative estimate of drug-likeness (QED) is 0.476. The Morgan fingerprint density at radius 3 is 2.19 bits per heavy atom. The number of amides is 2. The van der Waals surface area contributed by atoms with E-state index in [-0.39, 0.29) is 6.03 Å². The zero-order valence-electron chi connectivity index (χ0n) is 10.6. The van der Waals surface area contributed by atoms with Crippen molar-refractivity contribution in [2.45, 2.75) is 70.8 Å². The van der Waals surface area contributed by atoms with Crippen LogP contribution in [0.3, 0.4) is 0 Å². The molecule has 0 radical (unpaired) electrons. The Bertz CT molecular complexity index is 206. The van der Waals surface area contributed by atoms with Gasteiger partial charge in [-0.05, 0) is 6.42 Å². The number of nitrogens with zero attached hydrogens (tertiary/aromatic N) is 1. The first-order valence-corrected chi connectivity index (χ1v) is 6.81. The lowest BCUT2D eigenvalue weighted by Gasteiger charge is -2.01. The van der Waals surface area contributed by atoms with Crippen LogP contribution >= 0.6 is 0 Å². The first-order valence-electron chi connectivity index (χ1n) is 6.81. The molecule has 0 spiro atoms. The lowest BCUT2D eigenvalue weighted by Crippen LogP contribution is -2.20. The molecule has 1 atom stereocenters. The van der Waals surface area contributed by atoms with Crippen molar-refractivity contribution < 1.29 is 4.79 Å². The molecule has 1 fully saturated rings. The second kappa shape index (κ2) is 7.53. The Balaban J connectivity index is 1.78. The van der Waals surface area contributed by atoms with Gasteiger partial charge in [-0.3, -0.25) is 0 Å². The Labute approximate surface area is 99.4 Å². The molecule has 1 aliphatic heterocycles. The molecule has 0 saturated carbocycles. The van der Waals surface area contributed by atoms with Crippen molar-refractivity contribution in [1.29, 1.82) is 0 Å². The van der Waals surface area contributed by atoms with E-state index in [1.165, 1.54) is 51.4 Å². The summed E-state index contributed by atoms with van der Waals surface area (Å²) in [4.78, 5) is 12.5. The van der Waals surface area contributed by atoms with Crippen LogP contribution in [0.25, 0.3) is 0 Å². The minimum absolute atomic E-state index is 0.246. The number of urea groups is 1. The highest BCUT2D eigenvalue weighted by Gasteiger charge is 2.35. The van der Waals surface area contributed by atoms with Gasteiger partial charge in [-0.25, -0.2) is 4.79 Å². The number of primary amides is 1. The number of nitrogens with two attached hydrogens (primary N) is 1. The Morgan fingerprint density at radius 1 is 1.12 bits per heavy atom. The first-order chi connectivity index (χ1) is 7.75. The largest absolute Gasteiger partial charge is 0.351 e. The molecule has 2 amide bonds. The molecule has 0 aromatic heterocycles. The maximum atomic E-state index is 10.8. The third-order valence-electron chi connectivity index (χ3n) is 3.39. The van der Waals surface area contributed by atoms with Crippen molar-refractivity contribution in [2.75, 3.05) is 6.54 Å². The van der Waals surface area contributed by atoms with Gasteiger partial charge in [0.1, 0.15) is 0 Å². The minimum atomic E-state index is -0.246. The third kappa shape index (κ3) is 5.38. The molecule has 0 aromatic carbocycles. The molecular formula is C13H26N2O. The van der Waals surface area contributed by atoms with Crippen molar-refractivity contribution in [2.24, 2.45) is 5.73 Å². The van der Waals surface area contributed by atoms with Gasteiger partial charge in [0.05, 0.1) is 6.04 Å². The van der Waals surface area contributed by atoms with Crippen molar-refractivity contribution in [3.05, 3.63) is 0 Å². The van der Waals surface area contributed by atoms with Gasteiger partial charge in [0.15, 0.2) is 0 Å². The summed E-state index contributed by atoms with van der Waals surface area (Å²) in [5.74, 6) is 0. The molecule has 0 aliphatic carbocycles. The fraction of sp³-hybridized carbons (Fsp3) is 0.923. The van der Waals surface area contributed by atoms with Crippen molar-refractivity contribution in [3.63, 3.8) is 0 Å². The van der Waals surface area contributed by atoms with Gasteiger partial charge in [-0.1, -0.05) is 58.3 Å². The number of carbonyl (C=O) groups is 1. The second-order valence-corrected chi connectivity index (χ2v) is 4.91. The molecule has 0 aromatic rings. The Hall–Kier alpha value is -0.730. The molecule has 16 heavy (non-hydrogen) atoms. The van der Waals surface area contributed by atoms with Crippen LogP contribution in [0.5, 0.6) is 0 Å². The van der Waals surface area contributed by atoms with Crippen molar-refractivity contribution in [3.8, 4) is 0 Å². The average molecular weight is 226 g/mol. The van der Waals surface area contributed by atoms with Crippen LogP contribution in [0.2, 0.25) is 0 Å². The SMILES string of the molecule is CCCCCCCCCCC1CN1C(N)=O. The van der Waals surface area contributed by atoms with E-state index in [9.17, 15) is 4.79 Å². The van der Waals surface area contributed by atoms with E-state index in [2.05, 4.69) is 6.92 Å². The molecule has 1 unspecified atom stereocenters. The maximum Gasteiger partial charge on any atom is 0.315 e. The lowest BCUT2D eigenvalue weighted by atomic mass is 10.1. The molecule has 1 saturated heterocycles. The van der Waals surface area contributed by atoms with E-state index >= 15 is 0 Å². The Kier molecular flexibility index (Phi) is 6.27. The lowest BCUT2D eigenvalue weighted by molar-refractivity contribution is 0.235. The van der Waals surface area contributed by atoms with Crippen LogP contribution in [-0.4, -0.2) is 23.5 Å². The average Bonchev–Trinajstić information content (AvgIpc) is 3.01. The summed E-state index contributed by atoms with van der Waals surface area (Å²) in [6, 6.07) is 0.224. The summed E-state index contributed by atoms with van der Waals surface area (Å²) in [5, 5.41) is 0. The zero-order chi connectivity index (χ0) is 11.8. The smallest absolute Gasteiger partial charge is 0.315 e. The van der Waals surface area contributed by atoms with Crippen LogP contribution in [0.15, 0.2) is 0 Å². The van der Waals surface area contributed by atoms with Crippen molar-refractivity contribution >= 4 is 6.03 Å². The number of unbranched alkanes of at least 4 members (excludes halogenated alkanes) is 7. The summed E-state index contributed by atoms with van der Waals surface area (Å²) in [7, 11) is 0. The van der Waals surface area contributed by atoms with E-state index < -0.39 is 0 Å². The second-order valence-electron chi connectivity index (χ2n) is 4.91. The molecule has 2 N–H and O–H groups in total. The normalized spacial score (nSPS) is 18.8. The van der Waals surface area contributed by atoms with Crippen LogP contribution in [0, 0.1) is 0 Å².